The van der Waals surface area contributed by atoms with Crippen LogP contribution in [0.15, 0.2) is 54.6 Å². The number of carbonyl (C=O) groups is 1. The first-order valence-corrected chi connectivity index (χ1v) is 8.34. The highest BCUT2D eigenvalue weighted by Gasteiger charge is 2.28. The van der Waals surface area contributed by atoms with Gasteiger partial charge in [0.2, 0.25) is 5.91 Å². The fourth-order valence-electron chi connectivity index (χ4n) is 3.34. The summed E-state index contributed by atoms with van der Waals surface area (Å²) in [6.45, 7) is 2.40. The van der Waals surface area contributed by atoms with E-state index in [1.807, 2.05) is 18.0 Å². The predicted molar refractivity (Wildman–Crippen MR) is 93.3 cm³/mol. The molecule has 2 aromatic rings. The van der Waals surface area contributed by atoms with Gasteiger partial charge in [0.15, 0.2) is 0 Å². The monoisotopic (exact) mass is 308 g/mol. The first-order valence-electron chi connectivity index (χ1n) is 8.34. The fraction of sp³-hybridized carbons (Fsp3) is 0.350. The maximum Gasteiger partial charge on any atom is 0.222 e. The van der Waals surface area contributed by atoms with Crippen LogP contribution in [0.4, 0.5) is 0 Å². The van der Waals surface area contributed by atoms with Crippen molar-refractivity contribution in [2.24, 2.45) is 0 Å². The topological polar surface area (TPSA) is 32.3 Å². The SMILES string of the molecule is CNCCCC(=O)N1Cc2ccccc2C(c2ccccc2)C1. The number of amides is 1. The average Bonchev–Trinajstić information content (AvgIpc) is 2.61. The third-order valence-corrected chi connectivity index (χ3v) is 4.57. The maximum atomic E-state index is 12.6. The molecule has 1 aliphatic heterocycles. The van der Waals surface area contributed by atoms with Gasteiger partial charge in [-0.15, -0.1) is 0 Å². The van der Waals surface area contributed by atoms with E-state index in [1.165, 1.54) is 16.7 Å². The first kappa shape index (κ1) is 15.8. The Morgan fingerprint density at radius 2 is 1.87 bits per heavy atom. The van der Waals surface area contributed by atoms with Gasteiger partial charge in [-0.2, -0.15) is 0 Å². The molecular formula is C20H24N2O. The van der Waals surface area contributed by atoms with E-state index in [0.717, 1.165) is 26.1 Å². The van der Waals surface area contributed by atoms with Crippen LogP contribution in [-0.4, -0.2) is 30.9 Å². The zero-order chi connectivity index (χ0) is 16.1. The molecule has 0 saturated heterocycles. The van der Waals surface area contributed by atoms with Crippen LogP contribution in [0.1, 0.15) is 35.4 Å². The van der Waals surface area contributed by atoms with Gasteiger partial charge in [-0.05, 0) is 36.7 Å². The number of rotatable bonds is 5. The third kappa shape index (κ3) is 3.62. The highest BCUT2D eigenvalue weighted by atomic mass is 16.2. The Kier molecular flexibility index (Phi) is 5.09. The van der Waals surface area contributed by atoms with Crippen LogP contribution in [-0.2, 0) is 11.3 Å². The van der Waals surface area contributed by atoms with Gasteiger partial charge in [-0.1, -0.05) is 54.6 Å². The number of carbonyl (C=O) groups excluding carboxylic acids is 1. The quantitative estimate of drug-likeness (QED) is 0.861. The van der Waals surface area contributed by atoms with Crippen molar-refractivity contribution in [1.29, 1.82) is 0 Å². The Balaban J connectivity index is 1.83. The van der Waals surface area contributed by atoms with Crippen molar-refractivity contribution in [3.8, 4) is 0 Å². The molecule has 0 aromatic heterocycles. The molecule has 0 radical (unpaired) electrons. The summed E-state index contributed by atoms with van der Waals surface area (Å²) < 4.78 is 0. The average molecular weight is 308 g/mol. The van der Waals surface area contributed by atoms with Crippen molar-refractivity contribution >= 4 is 5.91 Å². The summed E-state index contributed by atoms with van der Waals surface area (Å²) in [6.07, 6.45) is 1.51. The molecule has 3 nitrogen and oxygen atoms in total. The molecular weight excluding hydrogens is 284 g/mol. The van der Waals surface area contributed by atoms with Gasteiger partial charge in [0.1, 0.15) is 0 Å². The normalized spacial score (nSPS) is 16.9. The van der Waals surface area contributed by atoms with Gasteiger partial charge in [0.05, 0.1) is 0 Å². The molecule has 0 saturated carbocycles. The molecule has 2 aromatic carbocycles. The molecule has 120 valence electrons. The Morgan fingerprint density at radius 1 is 1.13 bits per heavy atom. The molecule has 1 unspecified atom stereocenters. The van der Waals surface area contributed by atoms with Crippen molar-refractivity contribution in [2.75, 3.05) is 20.1 Å². The Hall–Kier alpha value is -2.13. The third-order valence-electron chi connectivity index (χ3n) is 4.57. The van der Waals surface area contributed by atoms with Gasteiger partial charge < -0.3 is 10.2 Å². The van der Waals surface area contributed by atoms with Crippen LogP contribution >= 0.6 is 0 Å². The van der Waals surface area contributed by atoms with Crippen LogP contribution in [0.3, 0.4) is 0 Å². The number of fused-ring (bicyclic) bond motifs is 1. The minimum Gasteiger partial charge on any atom is -0.337 e. The first-order chi connectivity index (χ1) is 11.3. The van der Waals surface area contributed by atoms with Gasteiger partial charge in [0.25, 0.3) is 0 Å². The van der Waals surface area contributed by atoms with Crippen LogP contribution in [0, 0.1) is 0 Å². The van der Waals surface area contributed by atoms with Crippen molar-refractivity contribution < 1.29 is 4.79 Å². The maximum absolute atomic E-state index is 12.6. The van der Waals surface area contributed by atoms with Gasteiger partial charge in [0, 0.05) is 25.4 Å². The van der Waals surface area contributed by atoms with E-state index >= 15 is 0 Å². The minimum absolute atomic E-state index is 0.260. The number of hydrogen-bond acceptors (Lipinski definition) is 2. The minimum atomic E-state index is 0.260. The van der Waals surface area contributed by atoms with Gasteiger partial charge >= 0.3 is 0 Å². The van der Waals surface area contributed by atoms with E-state index in [-0.39, 0.29) is 11.8 Å². The van der Waals surface area contributed by atoms with Crippen molar-refractivity contribution in [3.05, 3.63) is 71.3 Å². The Bertz CT molecular complexity index is 654. The second-order valence-electron chi connectivity index (χ2n) is 6.14. The lowest BCUT2D eigenvalue weighted by molar-refractivity contribution is -0.132. The summed E-state index contributed by atoms with van der Waals surface area (Å²) in [4.78, 5) is 14.6. The molecule has 0 aliphatic carbocycles. The lowest BCUT2D eigenvalue weighted by Gasteiger charge is -2.35. The standard InChI is InChI=1S/C20H24N2O/c1-21-13-7-12-20(23)22-14-17-10-5-6-11-18(17)19(15-22)16-8-3-2-4-9-16/h2-6,8-11,19,21H,7,12-15H2,1H3. The summed E-state index contributed by atoms with van der Waals surface area (Å²) >= 11 is 0. The number of benzene rings is 2. The fourth-order valence-corrected chi connectivity index (χ4v) is 3.34. The molecule has 1 amide bonds. The predicted octanol–water partition coefficient (Wildman–Crippen LogP) is 3.16. The molecule has 3 heteroatoms. The molecule has 0 spiro atoms. The Morgan fingerprint density at radius 3 is 2.65 bits per heavy atom. The smallest absolute Gasteiger partial charge is 0.222 e. The summed E-state index contributed by atoms with van der Waals surface area (Å²) in [7, 11) is 1.92. The van der Waals surface area contributed by atoms with Crippen molar-refractivity contribution in [2.45, 2.75) is 25.3 Å². The molecule has 1 N–H and O–H groups in total. The van der Waals surface area contributed by atoms with Crippen LogP contribution in [0.2, 0.25) is 0 Å². The van der Waals surface area contributed by atoms with Crippen LogP contribution in [0.5, 0.6) is 0 Å². The van der Waals surface area contributed by atoms with E-state index in [1.54, 1.807) is 0 Å². The van der Waals surface area contributed by atoms with Crippen LogP contribution < -0.4 is 5.32 Å². The Labute approximate surface area is 138 Å². The molecule has 3 rings (SSSR count). The van der Waals surface area contributed by atoms with Gasteiger partial charge in [-0.25, -0.2) is 0 Å². The zero-order valence-corrected chi connectivity index (χ0v) is 13.7. The van der Waals surface area contributed by atoms with E-state index in [0.29, 0.717) is 6.42 Å². The molecule has 1 heterocycles. The van der Waals surface area contributed by atoms with Crippen molar-refractivity contribution in [3.63, 3.8) is 0 Å². The number of nitrogens with one attached hydrogen (secondary N) is 1. The number of hydrogen-bond donors (Lipinski definition) is 1. The summed E-state index contributed by atoms with van der Waals surface area (Å²) in [6, 6.07) is 19.0. The molecule has 0 bridgehead atoms. The molecule has 0 fully saturated rings. The van der Waals surface area contributed by atoms with Crippen molar-refractivity contribution in [1.82, 2.24) is 10.2 Å². The molecule has 1 aliphatic rings. The van der Waals surface area contributed by atoms with Crippen LogP contribution in [0.25, 0.3) is 0 Å². The lowest BCUT2D eigenvalue weighted by Crippen LogP contribution is -2.38. The molecule has 23 heavy (non-hydrogen) atoms. The second kappa shape index (κ2) is 7.42. The van der Waals surface area contributed by atoms with Gasteiger partial charge in [-0.3, -0.25) is 4.79 Å². The lowest BCUT2D eigenvalue weighted by atomic mass is 9.84. The largest absolute Gasteiger partial charge is 0.337 e. The highest BCUT2D eigenvalue weighted by Crippen LogP contribution is 2.33. The van der Waals surface area contributed by atoms with E-state index in [4.69, 9.17) is 0 Å². The van der Waals surface area contributed by atoms with E-state index in [2.05, 4.69) is 53.8 Å². The zero-order valence-electron chi connectivity index (χ0n) is 13.7. The second-order valence-corrected chi connectivity index (χ2v) is 6.14. The highest BCUT2D eigenvalue weighted by molar-refractivity contribution is 5.76. The summed E-state index contributed by atoms with van der Waals surface area (Å²) in [5.41, 5.74) is 3.92. The van der Waals surface area contributed by atoms with E-state index < -0.39 is 0 Å². The number of nitrogens with zero attached hydrogens (tertiary/aromatic N) is 1. The summed E-state index contributed by atoms with van der Waals surface area (Å²) in [5.74, 6) is 0.532. The summed E-state index contributed by atoms with van der Waals surface area (Å²) in [5, 5.41) is 3.11. The molecule has 1 atom stereocenters. The van der Waals surface area contributed by atoms with E-state index in [9.17, 15) is 4.79 Å².